The highest BCUT2D eigenvalue weighted by molar-refractivity contribution is 6.01. The standard InChI is InChI=1S/C23H22F6N6O2/c1-37-20(36)34-15-3-2-12-13(9-30-18(12)16(15)23(27,28)29)17-14(22(24,25)26)10-31-19(35-17)33-11-4-5-21(6-7-21)32-8-11/h2-3,9-11,30,32H,4-8H2,1H3,(H,34,36)(H,31,33,35). The van der Waals surface area contributed by atoms with Crippen molar-refractivity contribution >= 4 is 28.6 Å². The highest BCUT2D eigenvalue weighted by atomic mass is 19.4. The summed E-state index contributed by atoms with van der Waals surface area (Å²) < 4.78 is 87.9. The molecular weight excluding hydrogens is 506 g/mol. The molecule has 1 aliphatic carbocycles. The van der Waals surface area contributed by atoms with Gasteiger partial charge >= 0.3 is 18.4 Å². The minimum absolute atomic E-state index is 0.0593. The number of hydrogen-bond donors (Lipinski definition) is 4. The molecule has 3 aromatic rings. The molecule has 2 aromatic heterocycles. The Bertz CT molecular complexity index is 1340. The number of fused-ring (bicyclic) bond motifs is 1. The second-order valence-corrected chi connectivity index (χ2v) is 9.22. The summed E-state index contributed by atoms with van der Waals surface area (Å²) in [4.78, 5) is 21.9. The summed E-state index contributed by atoms with van der Waals surface area (Å²) in [5.74, 6) is -0.0593. The van der Waals surface area contributed by atoms with Gasteiger partial charge < -0.3 is 20.4 Å². The Morgan fingerprint density at radius 3 is 2.49 bits per heavy atom. The van der Waals surface area contributed by atoms with Gasteiger partial charge in [0.2, 0.25) is 5.95 Å². The number of aromatic amines is 1. The van der Waals surface area contributed by atoms with Crippen LogP contribution in [0.3, 0.4) is 0 Å². The number of aromatic nitrogens is 3. The molecule has 2 fully saturated rings. The lowest BCUT2D eigenvalue weighted by Crippen LogP contribution is -2.46. The molecule has 8 nitrogen and oxygen atoms in total. The molecule has 1 spiro atoms. The lowest BCUT2D eigenvalue weighted by Gasteiger charge is -2.30. The number of ether oxygens (including phenoxy) is 1. The maximum Gasteiger partial charge on any atom is 0.420 e. The van der Waals surface area contributed by atoms with Crippen LogP contribution in [0.5, 0.6) is 0 Å². The number of benzene rings is 1. The average Bonchev–Trinajstić information content (AvgIpc) is 3.45. The van der Waals surface area contributed by atoms with E-state index in [-0.39, 0.29) is 28.5 Å². The number of carbonyl (C=O) groups excluding carboxylic acids is 1. The Morgan fingerprint density at radius 2 is 1.89 bits per heavy atom. The van der Waals surface area contributed by atoms with Crippen molar-refractivity contribution in [1.29, 1.82) is 0 Å². The van der Waals surface area contributed by atoms with Crippen molar-refractivity contribution in [3.05, 3.63) is 35.7 Å². The van der Waals surface area contributed by atoms with Crippen molar-refractivity contribution in [3.63, 3.8) is 0 Å². The molecule has 1 atom stereocenters. The fourth-order valence-electron chi connectivity index (χ4n) is 4.68. The zero-order valence-electron chi connectivity index (χ0n) is 19.4. The number of methoxy groups -OCH3 is 1. The van der Waals surface area contributed by atoms with Crippen LogP contribution in [0.15, 0.2) is 24.5 Å². The summed E-state index contributed by atoms with van der Waals surface area (Å²) >= 11 is 0. The molecule has 1 aromatic carbocycles. The van der Waals surface area contributed by atoms with E-state index < -0.39 is 46.5 Å². The van der Waals surface area contributed by atoms with Crippen molar-refractivity contribution in [3.8, 4) is 11.3 Å². The highest BCUT2D eigenvalue weighted by Crippen LogP contribution is 2.45. The number of hydrogen-bond acceptors (Lipinski definition) is 6. The fraction of sp³-hybridized carbons (Fsp3) is 0.435. The maximum absolute atomic E-state index is 14.0. The number of halogens is 6. The van der Waals surface area contributed by atoms with Gasteiger partial charge in [-0.3, -0.25) is 5.32 Å². The zero-order chi connectivity index (χ0) is 26.6. The molecule has 1 saturated carbocycles. The molecule has 37 heavy (non-hydrogen) atoms. The predicted molar refractivity (Wildman–Crippen MR) is 122 cm³/mol. The quantitative estimate of drug-likeness (QED) is 0.332. The van der Waals surface area contributed by atoms with Gasteiger partial charge in [0.15, 0.2) is 0 Å². The van der Waals surface area contributed by atoms with Crippen LogP contribution in [-0.4, -0.2) is 46.3 Å². The van der Waals surface area contributed by atoms with Gasteiger partial charge in [-0.15, -0.1) is 0 Å². The SMILES string of the molecule is COC(=O)Nc1ccc2c(-c3nc(NC4CCC5(CC5)NC4)ncc3C(F)(F)F)c[nH]c2c1C(F)(F)F. The van der Waals surface area contributed by atoms with Gasteiger partial charge in [-0.05, 0) is 31.7 Å². The average molecular weight is 528 g/mol. The number of rotatable bonds is 4. The van der Waals surface area contributed by atoms with E-state index >= 15 is 0 Å². The van der Waals surface area contributed by atoms with E-state index in [1.807, 2.05) is 5.32 Å². The van der Waals surface area contributed by atoms with E-state index in [1.54, 1.807) is 0 Å². The summed E-state index contributed by atoms with van der Waals surface area (Å²) in [6.07, 6.45) is -5.39. The van der Waals surface area contributed by atoms with Gasteiger partial charge in [-0.1, -0.05) is 6.07 Å². The summed E-state index contributed by atoms with van der Waals surface area (Å²) in [6.45, 7) is 0.595. The summed E-state index contributed by atoms with van der Waals surface area (Å²) in [5.41, 5.74) is -4.16. The molecular formula is C23H22F6N6O2. The van der Waals surface area contributed by atoms with E-state index in [9.17, 15) is 31.1 Å². The van der Waals surface area contributed by atoms with E-state index in [2.05, 4.69) is 30.3 Å². The third-order valence-corrected chi connectivity index (χ3v) is 6.79. The number of nitrogens with one attached hydrogen (secondary N) is 4. The molecule has 1 saturated heterocycles. The Balaban J connectivity index is 1.57. The molecule has 14 heteroatoms. The van der Waals surface area contributed by atoms with E-state index in [0.29, 0.717) is 12.7 Å². The van der Waals surface area contributed by atoms with Crippen molar-refractivity contribution in [1.82, 2.24) is 20.3 Å². The smallest absolute Gasteiger partial charge is 0.420 e. The molecule has 3 heterocycles. The molecule has 0 bridgehead atoms. The van der Waals surface area contributed by atoms with Crippen LogP contribution in [0.25, 0.3) is 22.2 Å². The largest absolute Gasteiger partial charge is 0.453 e. The zero-order valence-corrected chi connectivity index (χ0v) is 19.4. The molecule has 5 rings (SSSR count). The Morgan fingerprint density at radius 1 is 1.14 bits per heavy atom. The first-order chi connectivity index (χ1) is 17.4. The number of H-pyrrole nitrogens is 1. The molecule has 1 aliphatic heterocycles. The van der Waals surface area contributed by atoms with E-state index in [0.717, 1.165) is 45.1 Å². The lowest BCUT2D eigenvalue weighted by atomic mass is 9.99. The van der Waals surface area contributed by atoms with E-state index in [1.165, 1.54) is 6.07 Å². The maximum atomic E-state index is 14.0. The third-order valence-electron chi connectivity index (χ3n) is 6.79. The van der Waals surface area contributed by atoms with Gasteiger partial charge in [0, 0.05) is 41.5 Å². The van der Waals surface area contributed by atoms with Crippen LogP contribution >= 0.6 is 0 Å². The van der Waals surface area contributed by atoms with Gasteiger partial charge in [0.25, 0.3) is 0 Å². The minimum Gasteiger partial charge on any atom is -0.453 e. The Kier molecular flexibility index (Phi) is 5.96. The van der Waals surface area contributed by atoms with Gasteiger partial charge in [-0.25, -0.2) is 14.8 Å². The number of alkyl halides is 6. The van der Waals surface area contributed by atoms with Crippen LogP contribution in [0.4, 0.5) is 42.8 Å². The topological polar surface area (TPSA) is 104 Å². The van der Waals surface area contributed by atoms with Crippen LogP contribution in [0.2, 0.25) is 0 Å². The first-order valence-electron chi connectivity index (χ1n) is 11.4. The van der Waals surface area contributed by atoms with Crippen molar-refractivity contribution in [2.45, 2.75) is 49.6 Å². The van der Waals surface area contributed by atoms with Gasteiger partial charge in [-0.2, -0.15) is 26.3 Å². The van der Waals surface area contributed by atoms with Crippen LogP contribution in [-0.2, 0) is 17.1 Å². The minimum atomic E-state index is -4.95. The third kappa shape index (κ3) is 4.89. The molecule has 4 N–H and O–H groups in total. The van der Waals surface area contributed by atoms with Crippen LogP contribution < -0.4 is 16.0 Å². The first kappa shape index (κ1) is 25.1. The van der Waals surface area contributed by atoms with Gasteiger partial charge in [0.1, 0.15) is 11.1 Å². The van der Waals surface area contributed by atoms with Gasteiger partial charge in [0.05, 0.1) is 24.0 Å². The number of carbonyl (C=O) groups is 1. The Hall–Kier alpha value is -3.55. The predicted octanol–water partition coefficient (Wildman–Crippen LogP) is 5.54. The summed E-state index contributed by atoms with van der Waals surface area (Å²) in [5, 5.41) is 8.31. The van der Waals surface area contributed by atoms with E-state index in [4.69, 9.17) is 0 Å². The normalized spacial score (nSPS) is 19.2. The Labute approximate surface area is 206 Å². The summed E-state index contributed by atoms with van der Waals surface area (Å²) in [7, 11) is 0.987. The summed E-state index contributed by atoms with van der Waals surface area (Å²) in [6, 6.07) is 2.02. The lowest BCUT2D eigenvalue weighted by molar-refractivity contribution is -0.137. The molecule has 1 amide bonds. The second-order valence-electron chi connectivity index (χ2n) is 9.22. The van der Waals surface area contributed by atoms with Crippen molar-refractivity contribution in [2.24, 2.45) is 0 Å². The number of nitrogens with zero attached hydrogens (tertiary/aromatic N) is 2. The number of amides is 1. The molecule has 1 unspecified atom stereocenters. The second kappa shape index (κ2) is 8.78. The number of anilines is 2. The van der Waals surface area contributed by atoms with Crippen LogP contribution in [0, 0.1) is 0 Å². The monoisotopic (exact) mass is 528 g/mol. The first-order valence-corrected chi connectivity index (χ1v) is 11.4. The molecule has 0 radical (unpaired) electrons. The molecule has 198 valence electrons. The molecule has 2 aliphatic rings. The van der Waals surface area contributed by atoms with Crippen molar-refractivity contribution < 1.29 is 35.9 Å². The fourth-order valence-corrected chi connectivity index (χ4v) is 4.68. The van der Waals surface area contributed by atoms with Crippen molar-refractivity contribution in [2.75, 3.05) is 24.3 Å². The highest BCUT2D eigenvalue weighted by Gasteiger charge is 2.45. The number of piperidine rings is 1. The van der Waals surface area contributed by atoms with Crippen LogP contribution in [0.1, 0.15) is 36.8 Å².